The van der Waals surface area contributed by atoms with Crippen LogP contribution in [0.3, 0.4) is 0 Å². The van der Waals surface area contributed by atoms with Gasteiger partial charge in [0.15, 0.2) is 24.4 Å². The predicted molar refractivity (Wildman–Crippen MR) is 136 cm³/mol. The fraction of sp³-hybridized carbons (Fsp3) is 0.500. The maximum absolute atomic E-state index is 10.6. The van der Waals surface area contributed by atoms with Crippen molar-refractivity contribution in [3.63, 3.8) is 0 Å². The Bertz CT molecular complexity index is 1140. The summed E-state index contributed by atoms with van der Waals surface area (Å²) in [6.45, 7) is -2.80. The quantitative estimate of drug-likeness (QED) is 0.0617. The van der Waals surface area contributed by atoms with E-state index in [9.17, 15) is 39.6 Å². The number of carbonyl (C=O) groups excluding carboxylic acids is 4. The molecule has 12 N–H and O–H groups in total. The molecule has 4 aliphatic heterocycles. The average Bonchev–Trinajstić information content (AvgIpc) is 3.70. The summed E-state index contributed by atoms with van der Waals surface area (Å²) in [7, 11) is 0. The van der Waals surface area contributed by atoms with Gasteiger partial charge in [-0.15, -0.1) is 0 Å². The van der Waals surface area contributed by atoms with Gasteiger partial charge in [0.2, 0.25) is 0 Å². The maximum Gasteiger partial charge on any atom is 2.00 e. The summed E-state index contributed by atoms with van der Waals surface area (Å²) in [5, 5.41) is 147. The van der Waals surface area contributed by atoms with Gasteiger partial charge >= 0.3 is 66.4 Å². The minimum atomic E-state index is -1.46. The summed E-state index contributed by atoms with van der Waals surface area (Å²) in [6.07, 6.45) is -11.5. The van der Waals surface area contributed by atoms with Crippen molar-refractivity contribution in [2.24, 2.45) is 0 Å². The molecule has 0 amide bonds. The fourth-order valence-electron chi connectivity index (χ4n) is 3.26. The molecule has 8 atom stereocenters. The topological polar surface area (TPSA) is 440 Å². The van der Waals surface area contributed by atoms with Crippen LogP contribution in [0, 0.1) is 0 Å². The van der Waals surface area contributed by atoms with Crippen molar-refractivity contribution in [1.82, 2.24) is 0 Å². The molecule has 4 heterocycles. The molecule has 0 spiro atoms. The smallest absolute Gasteiger partial charge is 0.865 e. The number of esters is 4. The van der Waals surface area contributed by atoms with Crippen LogP contribution in [0.4, 0.5) is 0 Å². The second kappa shape index (κ2) is 21.5. The van der Waals surface area contributed by atoms with Crippen LogP contribution in [0.2, 0.25) is 0 Å². The number of carbonyl (C=O) groups is 4. The molecule has 272 valence electrons. The summed E-state index contributed by atoms with van der Waals surface area (Å²) < 4.78 is 17.0. The van der Waals surface area contributed by atoms with Crippen molar-refractivity contribution < 1.29 is 139 Å². The van der Waals surface area contributed by atoms with Crippen LogP contribution >= 0.6 is 0 Å². The number of rotatable bonds is 8. The normalized spacial score (nSPS) is 24.8. The van der Waals surface area contributed by atoms with Gasteiger partial charge in [-0.2, -0.15) is 0 Å². The van der Waals surface area contributed by atoms with Crippen molar-refractivity contribution in [3.8, 4) is 0 Å². The van der Waals surface area contributed by atoms with Crippen molar-refractivity contribution >= 4 is 46.9 Å². The molecule has 4 aliphatic rings. The van der Waals surface area contributed by atoms with Crippen LogP contribution in [-0.4, -0.2) is 183 Å². The molecule has 0 fully saturated rings. The van der Waals surface area contributed by atoms with E-state index in [1.54, 1.807) is 0 Å². The standard InChI is InChI=1S/4C6H8O6.Mg.Zn/c4*7-1-2(8)5-3(9)4(10)6(11)12-5;;/h4*2,5,7-10H,1H2;;/q;;;;2*+2/p-4/t4*2-,5+;;/m0000../s1. The van der Waals surface area contributed by atoms with E-state index in [2.05, 4.69) is 18.9 Å². The molecule has 0 radical (unpaired) electrons. The molecule has 26 heteroatoms. The molecule has 0 saturated heterocycles. The van der Waals surface area contributed by atoms with E-state index in [4.69, 9.17) is 61.3 Å². The zero-order chi connectivity index (χ0) is 37.2. The minimum Gasteiger partial charge on any atom is -0.865 e. The van der Waals surface area contributed by atoms with E-state index in [1.807, 2.05) is 0 Å². The van der Waals surface area contributed by atoms with Gasteiger partial charge in [0.05, 0.1) is 26.4 Å². The Labute approximate surface area is 306 Å². The largest absolute Gasteiger partial charge is 2.00 e. The molecule has 0 aromatic carbocycles. The maximum atomic E-state index is 10.6. The Balaban J connectivity index is 0. The molecule has 0 aliphatic carbocycles. The monoisotopic (exact) mass is 788 g/mol. The van der Waals surface area contributed by atoms with Gasteiger partial charge < -0.3 is 101 Å². The summed E-state index contributed by atoms with van der Waals surface area (Å²) in [6, 6.07) is 0. The van der Waals surface area contributed by atoms with Gasteiger partial charge in [-0.25, -0.2) is 19.2 Å². The molecular formula is C24H28MgO24Zn. The minimum absolute atomic E-state index is 0. The summed E-state index contributed by atoms with van der Waals surface area (Å²) in [4.78, 5) is 41.9. The van der Waals surface area contributed by atoms with E-state index in [0.29, 0.717) is 0 Å². The zero-order valence-corrected chi connectivity index (χ0v) is 29.5. The van der Waals surface area contributed by atoms with E-state index in [0.717, 1.165) is 0 Å². The van der Waals surface area contributed by atoms with E-state index < -0.39 is 145 Å². The number of ether oxygens (including phenoxy) is 4. The number of cyclic esters (lactones) is 4. The number of hydrogen-bond donors (Lipinski definition) is 12. The van der Waals surface area contributed by atoms with Crippen molar-refractivity contribution in [1.29, 1.82) is 0 Å². The van der Waals surface area contributed by atoms with Gasteiger partial charge in [0.25, 0.3) is 0 Å². The summed E-state index contributed by atoms with van der Waals surface area (Å²) >= 11 is 0. The second-order valence-electron chi connectivity index (χ2n) is 9.16. The Kier molecular flexibility index (Phi) is 20.8. The van der Waals surface area contributed by atoms with E-state index in [1.165, 1.54) is 0 Å². The van der Waals surface area contributed by atoms with Crippen molar-refractivity contribution in [3.05, 3.63) is 46.1 Å². The summed E-state index contributed by atoms with van der Waals surface area (Å²) in [5.74, 6) is -13.0. The first-order chi connectivity index (χ1) is 22.3. The van der Waals surface area contributed by atoms with E-state index >= 15 is 0 Å². The van der Waals surface area contributed by atoms with Crippen LogP contribution in [0.1, 0.15) is 0 Å². The molecule has 0 saturated carbocycles. The third-order valence-electron chi connectivity index (χ3n) is 5.83. The van der Waals surface area contributed by atoms with Crippen LogP contribution in [0.15, 0.2) is 46.1 Å². The molecule has 0 bridgehead atoms. The van der Waals surface area contributed by atoms with Gasteiger partial charge in [-0.05, 0) is 0 Å². The Morgan fingerprint density at radius 3 is 0.660 bits per heavy atom. The third-order valence-corrected chi connectivity index (χ3v) is 5.83. The molecular weight excluding hydrogens is 762 g/mol. The molecule has 0 unspecified atom stereocenters. The van der Waals surface area contributed by atoms with Crippen molar-refractivity contribution in [2.45, 2.75) is 48.8 Å². The average molecular weight is 790 g/mol. The van der Waals surface area contributed by atoms with Gasteiger partial charge in [-0.3, -0.25) is 0 Å². The summed E-state index contributed by atoms with van der Waals surface area (Å²) in [5.41, 5.74) is 0. The Morgan fingerprint density at radius 2 is 0.580 bits per heavy atom. The molecule has 24 nitrogen and oxygen atoms in total. The molecule has 50 heavy (non-hydrogen) atoms. The first-order valence-corrected chi connectivity index (χ1v) is 12.7. The third kappa shape index (κ3) is 11.7. The first kappa shape index (κ1) is 48.4. The molecule has 4 rings (SSSR count). The number of aliphatic hydroxyl groups excluding tert-OH is 12. The van der Waals surface area contributed by atoms with Crippen LogP contribution in [0.25, 0.3) is 0 Å². The van der Waals surface area contributed by atoms with Gasteiger partial charge in [0, 0.05) is 23.0 Å². The Hall–Kier alpha value is -3.69. The molecule has 0 aromatic rings. The zero-order valence-electron chi connectivity index (χ0n) is 25.1. The SMILES string of the molecule is O=C1O[C@H]([C@@H](O)CO)C(O)=C1[O-].O=C1O[C@H]([C@@H](O)CO)C(O)=C1[O-].O=C1O[C@H]([C@@H](O)CO)C(O)=C1[O-].O=C1O[C@H]([C@@H](O)CO)C(O)=C1[O-].[Mg+2].[Zn+2]. The first-order valence-electron chi connectivity index (χ1n) is 12.7. The number of aliphatic hydroxyl groups is 12. The second-order valence-corrected chi connectivity index (χ2v) is 9.16. The van der Waals surface area contributed by atoms with Crippen LogP contribution in [0.5, 0.6) is 0 Å². The van der Waals surface area contributed by atoms with Crippen LogP contribution in [-0.2, 0) is 57.6 Å². The fourth-order valence-corrected chi connectivity index (χ4v) is 3.26. The Morgan fingerprint density at radius 1 is 0.440 bits per heavy atom. The van der Waals surface area contributed by atoms with E-state index in [-0.39, 0.29) is 42.5 Å². The predicted octanol–water partition coefficient (Wildman–Crippen LogP) is -10.8. The van der Waals surface area contributed by atoms with Gasteiger partial charge in [0.1, 0.15) is 47.5 Å². The number of hydrogen-bond acceptors (Lipinski definition) is 24. The van der Waals surface area contributed by atoms with Gasteiger partial charge in [-0.1, -0.05) is 0 Å². The van der Waals surface area contributed by atoms with Crippen LogP contribution < -0.4 is 20.4 Å². The molecule has 0 aromatic heterocycles. The van der Waals surface area contributed by atoms with Crippen molar-refractivity contribution in [2.75, 3.05) is 26.4 Å².